The van der Waals surface area contributed by atoms with Crippen LogP contribution < -0.4 is 10.2 Å². The molecule has 0 saturated carbocycles. The summed E-state index contributed by atoms with van der Waals surface area (Å²) in [4.78, 5) is 21.3. The molecule has 3 rings (SSSR count). The molecule has 1 aromatic carbocycles. The molecule has 1 aromatic heterocycles. The van der Waals surface area contributed by atoms with E-state index in [-0.39, 0.29) is 5.91 Å². The molecule has 0 bridgehead atoms. The Kier molecular flexibility index (Phi) is 5.53. The van der Waals surface area contributed by atoms with Gasteiger partial charge in [-0.05, 0) is 37.6 Å². The maximum absolute atomic E-state index is 12.8. The van der Waals surface area contributed by atoms with Gasteiger partial charge in [-0.1, -0.05) is 25.1 Å². The first kappa shape index (κ1) is 17.3. The number of hydrogen-bond donors (Lipinski definition) is 1. The molecule has 132 valence electrons. The molecule has 1 saturated heterocycles. The van der Waals surface area contributed by atoms with Gasteiger partial charge in [-0.3, -0.25) is 9.78 Å². The summed E-state index contributed by atoms with van der Waals surface area (Å²) in [6.07, 6.45) is 2.74. The van der Waals surface area contributed by atoms with Crippen LogP contribution in [0, 0.1) is 0 Å². The molecule has 1 aliphatic heterocycles. The van der Waals surface area contributed by atoms with Gasteiger partial charge in [0.1, 0.15) is 5.69 Å². The number of para-hydroxylation sites is 1. The minimum absolute atomic E-state index is 0.0144. The van der Waals surface area contributed by atoms with Gasteiger partial charge in [-0.25, -0.2) is 0 Å². The maximum Gasteiger partial charge on any atom is 0.272 e. The molecule has 2 heterocycles. The smallest absolute Gasteiger partial charge is 0.272 e. The Balaban J connectivity index is 1.62. The number of anilines is 2. The number of benzene rings is 1. The van der Waals surface area contributed by atoms with Gasteiger partial charge in [0, 0.05) is 49.8 Å². The highest BCUT2D eigenvalue weighted by Gasteiger charge is 2.23. The number of nitrogens with zero attached hydrogens (tertiary/aromatic N) is 3. The summed E-state index contributed by atoms with van der Waals surface area (Å²) in [5, 5.41) is 3.40. The highest BCUT2D eigenvalue weighted by atomic mass is 16.2. The molecule has 25 heavy (non-hydrogen) atoms. The van der Waals surface area contributed by atoms with Gasteiger partial charge in [0.05, 0.1) is 0 Å². The quantitative estimate of drug-likeness (QED) is 0.909. The number of aromatic nitrogens is 1. The Morgan fingerprint density at radius 1 is 1.16 bits per heavy atom. The normalized spacial score (nSPS) is 15.8. The van der Waals surface area contributed by atoms with E-state index < -0.39 is 0 Å². The number of pyridine rings is 1. The van der Waals surface area contributed by atoms with Crippen LogP contribution in [0.3, 0.4) is 0 Å². The molecule has 5 nitrogen and oxygen atoms in total. The monoisotopic (exact) mass is 338 g/mol. The van der Waals surface area contributed by atoms with Gasteiger partial charge < -0.3 is 15.1 Å². The van der Waals surface area contributed by atoms with Gasteiger partial charge in [-0.2, -0.15) is 0 Å². The van der Waals surface area contributed by atoms with E-state index in [2.05, 4.69) is 41.2 Å². The standard InChI is InChI=1S/C20H26N4O/c1-3-16(2)22-17-9-10-21-19(15-17)20(25)24-13-11-23(12-14-24)18-7-5-4-6-8-18/h4-10,15-16H,3,11-14H2,1-2H3,(H,21,22). The molecule has 1 amide bonds. The van der Waals surface area contributed by atoms with Crippen LogP contribution in [0.15, 0.2) is 48.7 Å². The molecular formula is C20H26N4O. The Bertz CT molecular complexity index is 696. The molecule has 1 fully saturated rings. The van der Waals surface area contributed by atoms with E-state index in [1.54, 1.807) is 6.20 Å². The first-order valence-electron chi connectivity index (χ1n) is 8.99. The molecule has 1 atom stereocenters. The number of amides is 1. The fourth-order valence-electron chi connectivity index (χ4n) is 2.99. The van der Waals surface area contributed by atoms with Gasteiger partial charge in [-0.15, -0.1) is 0 Å². The van der Waals surface area contributed by atoms with E-state index in [4.69, 9.17) is 0 Å². The largest absolute Gasteiger partial charge is 0.382 e. The van der Waals surface area contributed by atoms with Crippen LogP contribution in [-0.4, -0.2) is 48.0 Å². The van der Waals surface area contributed by atoms with Crippen molar-refractivity contribution >= 4 is 17.3 Å². The van der Waals surface area contributed by atoms with Crippen LogP contribution in [0.2, 0.25) is 0 Å². The lowest BCUT2D eigenvalue weighted by atomic mass is 10.2. The summed E-state index contributed by atoms with van der Waals surface area (Å²) in [6.45, 7) is 7.40. The average Bonchev–Trinajstić information content (AvgIpc) is 2.68. The predicted octanol–water partition coefficient (Wildman–Crippen LogP) is 3.25. The molecule has 0 aliphatic carbocycles. The number of hydrogen-bond acceptors (Lipinski definition) is 4. The van der Waals surface area contributed by atoms with Crippen molar-refractivity contribution in [2.75, 3.05) is 36.4 Å². The predicted molar refractivity (Wildman–Crippen MR) is 102 cm³/mol. The summed E-state index contributed by atoms with van der Waals surface area (Å²) in [7, 11) is 0. The van der Waals surface area contributed by atoms with Crippen LogP contribution >= 0.6 is 0 Å². The minimum atomic E-state index is 0.0144. The zero-order valence-corrected chi connectivity index (χ0v) is 15.0. The van der Waals surface area contributed by atoms with Crippen molar-refractivity contribution in [2.45, 2.75) is 26.3 Å². The second-order valence-corrected chi connectivity index (χ2v) is 6.50. The minimum Gasteiger partial charge on any atom is -0.382 e. The van der Waals surface area contributed by atoms with E-state index in [1.807, 2.05) is 35.2 Å². The number of nitrogens with one attached hydrogen (secondary N) is 1. The Hall–Kier alpha value is -2.56. The van der Waals surface area contributed by atoms with E-state index in [9.17, 15) is 4.79 Å². The van der Waals surface area contributed by atoms with Crippen LogP contribution in [-0.2, 0) is 0 Å². The van der Waals surface area contributed by atoms with Gasteiger partial charge in [0.15, 0.2) is 0 Å². The lowest BCUT2D eigenvalue weighted by Gasteiger charge is -2.36. The summed E-state index contributed by atoms with van der Waals surface area (Å²) in [6, 6.07) is 14.5. The zero-order valence-electron chi connectivity index (χ0n) is 15.0. The first-order valence-corrected chi connectivity index (χ1v) is 8.99. The third kappa shape index (κ3) is 4.29. The topological polar surface area (TPSA) is 48.5 Å². The van der Waals surface area contributed by atoms with Crippen LogP contribution in [0.1, 0.15) is 30.8 Å². The summed E-state index contributed by atoms with van der Waals surface area (Å²) in [5.74, 6) is 0.0144. The molecule has 1 unspecified atom stereocenters. The lowest BCUT2D eigenvalue weighted by Crippen LogP contribution is -2.49. The van der Waals surface area contributed by atoms with Crippen LogP contribution in [0.5, 0.6) is 0 Å². The third-order valence-corrected chi connectivity index (χ3v) is 4.69. The van der Waals surface area contributed by atoms with Crippen molar-refractivity contribution in [1.29, 1.82) is 0 Å². The number of piperazine rings is 1. The first-order chi connectivity index (χ1) is 12.2. The van der Waals surface area contributed by atoms with Crippen LogP contribution in [0.25, 0.3) is 0 Å². The third-order valence-electron chi connectivity index (χ3n) is 4.69. The Labute approximate surface area is 149 Å². The van der Waals surface area contributed by atoms with Gasteiger partial charge >= 0.3 is 0 Å². The van der Waals surface area contributed by atoms with Crippen molar-refractivity contribution in [3.05, 3.63) is 54.4 Å². The van der Waals surface area contributed by atoms with Gasteiger partial charge in [0.2, 0.25) is 0 Å². The molecule has 5 heteroatoms. The van der Waals surface area contributed by atoms with Crippen molar-refractivity contribution < 1.29 is 4.79 Å². The summed E-state index contributed by atoms with van der Waals surface area (Å²) >= 11 is 0. The number of carbonyl (C=O) groups is 1. The van der Waals surface area contributed by atoms with Gasteiger partial charge in [0.25, 0.3) is 5.91 Å². The second kappa shape index (κ2) is 8.01. The molecule has 2 aromatic rings. The highest BCUT2D eigenvalue weighted by Crippen LogP contribution is 2.17. The Morgan fingerprint density at radius 2 is 1.88 bits per heavy atom. The molecular weight excluding hydrogens is 312 g/mol. The highest BCUT2D eigenvalue weighted by molar-refractivity contribution is 5.93. The second-order valence-electron chi connectivity index (χ2n) is 6.50. The van der Waals surface area contributed by atoms with Crippen molar-refractivity contribution in [2.24, 2.45) is 0 Å². The molecule has 1 aliphatic rings. The summed E-state index contributed by atoms with van der Waals surface area (Å²) < 4.78 is 0. The van der Waals surface area contributed by atoms with Crippen molar-refractivity contribution in [3.63, 3.8) is 0 Å². The fourth-order valence-corrected chi connectivity index (χ4v) is 2.99. The van der Waals surface area contributed by atoms with E-state index in [1.165, 1.54) is 5.69 Å². The molecule has 0 spiro atoms. The summed E-state index contributed by atoms with van der Waals surface area (Å²) in [5.41, 5.74) is 2.68. The van der Waals surface area contributed by atoms with Crippen LogP contribution in [0.4, 0.5) is 11.4 Å². The SMILES string of the molecule is CCC(C)Nc1ccnc(C(=O)N2CCN(c3ccccc3)CC2)c1. The van der Waals surface area contributed by atoms with E-state index >= 15 is 0 Å². The van der Waals surface area contributed by atoms with Crippen molar-refractivity contribution in [1.82, 2.24) is 9.88 Å². The van der Waals surface area contributed by atoms with E-state index in [0.717, 1.165) is 38.3 Å². The Morgan fingerprint density at radius 3 is 2.56 bits per heavy atom. The number of carbonyl (C=O) groups excluding carboxylic acids is 1. The maximum atomic E-state index is 12.8. The molecule has 1 N–H and O–H groups in total. The van der Waals surface area contributed by atoms with Crippen molar-refractivity contribution in [3.8, 4) is 0 Å². The lowest BCUT2D eigenvalue weighted by molar-refractivity contribution is 0.0741. The number of rotatable bonds is 5. The zero-order chi connectivity index (χ0) is 17.6. The van der Waals surface area contributed by atoms with E-state index in [0.29, 0.717) is 11.7 Å². The fraction of sp³-hybridized carbons (Fsp3) is 0.400. The average molecular weight is 338 g/mol. The molecule has 0 radical (unpaired) electrons.